The van der Waals surface area contributed by atoms with Gasteiger partial charge in [-0.1, -0.05) is 30.8 Å². The molecule has 2 aromatic heterocycles. The molecule has 0 radical (unpaired) electrons. The van der Waals surface area contributed by atoms with Gasteiger partial charge in [-0.15, -0.1) is 10.2 Å². The molecule has 0 aliphatic rings. The van der Waals surface area contributed by atoms with Gasteiger partial charge in [0.2, 0.25) is 16.9 Å². The molecule has 0 bridgehead atoms. The van der Waals surface area contributed by atoms with Gasteiger partial charge in [-0.25, -0.2) is 4.68 Å². The number of aryl methyl sites for hydroxylation is 1. The van der Waals surface area contributed by atoms with Crippen LogP contribution in [0.15, 0.2) is 52.2 Å². The van der Waals surface area contributed by atoms with Crippen molar-refractivity contribution in [3.8, 4) is 11.6 Å². The predicted molar refractivity (Wildman–Crippen MR) is 97.6 cm³/mol. The molecule has 0 saturated carbocycles. The van der Waals surface area contributed by atoms with Crippen LogP contribution in [0.1, 0.15) is 19.4 Å². The molecule has 3 aromatic rings. The van der Waals surface area contributed by atoms with Crippen LogP contribution in [-0.4, -0.2) is 26.0 Å². The van der Waals surface area contributed by atoms with Crippen molar-refractivity contribution in [2.45, 2.75) is 30.7 Å². The molecule has 3 rings (SSSR count). The highest BCUT2D eigenvalue weighted by Gasteiger charge is 2.20. The van der Waals surface area contributed by atoms with E-state index in [2.05, 4.69) is 22.4 Å². The maximum absolute atomic E-state index is 12.4. The summed E-state index contributed by atoms with van der Waals surface area (Å²) >= 11 is 1.23. The van der Waals surface area contributed by atoms with Crippen molar-refractivity contribution >= 4 is 23.4 Å². The lowest BCUT2D eigenvalue weighted by molar-refractivity contribution is -0.115. The van der Waals surface area contributed by atoms with E-state index in [0.717, 1.165) is 12.1 Å². The first kappa shape index (κ1) is 17.1. The van der Waals surface area contributed by atoms with E-state index in [9.17, 15) is 4.79 Å². The molecular formula is C17H19N5O2S. The Morgan fingerprint density at radius 1 is 1.32 bits per heavy atom. The van der Waals surface area contributed by atoms with Gasteiger partial charge in [0.15, 0.2) is 5.76 Å². The number of thioether (sulfide) groups is 1. The van der Waals surface area contributed by atoms with E-state index in [1.165, 1.54) is 28.3 Å². The normalized spacial score (nSPS) is 12.1. The van der Waals surface area contributed by atoms with Crippen molar-refractivity contribution in [2.75, 3.05) is 11.2 Å². The smallest absolute Gasteiger partial charge is 0.237 e. The van der Waals surface area contributed by atoms with Gasteiger partial charge in [-0.3, -0.25) is 4.79 Å². The van der Waals surface area contributed by atoms with Gasteiger partial charge in [0.25, 0.3) is 0 Å². The van der Waals surface area contributed by atoms with Crippen LogP contribution in [0, 0.1) is 0 Å². The lowest BCUT2D eigenvalue weighted by atomic mass is 10.1. The Kier molecular flexibility index (Phi) is 5.08. The Balaban J connectivity index is 1.65. The quantitative estimate of drug-likeness (QED) is 0.520. The van der Waals surface area contributed by atoms with E-state index in [4.69, 9.17) is 10.3 Å². The largest absolute Gasteiger partial charge is 0.461 e. The highest BCUT2D eigenvalue weighted by molar-refractivity contribution is 8.00. The van der Waals surface area contributed by atoms with Gasteiger partial charge in [0.05, 0.1) is 11.5 Å². The van der Waals surface area contributed by atoms with Crippen LogP contribution >= 0.6 is 11.8 Å². The predicted octanol–water partition coefficient (Wildman–Crippen LogP) is 2.93. The number of nitrogens with one attached hydrogen (secondary N) is 1. The first-order valence-electron chi connectivity index (χ1n) is 7.89. The number of hydrogen-bond donors (Lipinski definition) is 2. The fourth-order valence-corrected chi connectivity index (χ4v) is 2.98. The van der Waals surface area contributed by atoms with E-state index in [1.54, 1.807) is 19.1 Å². The fraction of sp³-hybridized carbons (Fsp3) is 0.235. The second kappa shape index (κ2) is 7.43. The number of aromatic nitrogens is 3. The average molecular weight is 357 g/mol. The van der Waals surface area contributed by atoms with Crippen LogP contribution < -0.4 is 11.2 Å². The van der Waals surface area contributed by atoms with Gasteiger partial charge >= 0.3 is 0 Å². The molecule has 1 amide bonds. The molecule has 0 unspecified atom stereocenters. The zero-order valence-corrected chi connectivity index (χ0v) is 14.8. The van der Waals surface area contributed by atoms with Crippen LogP contribution in [0.2, 0.25) is 0 Å². The topological polar surface area (TPSA) is 99.0 Å². The standard InChI is InChI=1S/C17H19N5O2S/c1-3-12-6-8-13(9-7-12)19-16(23)11(2)25-17-21-20-15(22(17)18)14-5-4-10-24-14/h4-11H,3,18H2,1-2H3,(H,19,23)/t11-/m0/s1. The van der Waals surface area contributed by atoms with Crippen LogP contribution in [-0.2, 0) is 11.2 Å². The Bertz CT molecular complexity index is 843. The number of amides is 1. The second-order valence-corrected chi connectivity index (χ2v) is 6.76. The van der Waals surface area contributed by atoms with Crippen molar-refractivity contribution < 1.29 is 9.21 Å². The fourth-order valence-electron chi connectivity index (χ4n) is 2.21. The minimum absolute atomic E-state index is 0.128. The SMILES string of the molecule is CCc1ccc(NC(=O)[C@H](C)Sc2nnc(-c3ccco3)n2N)cc1. The zero-order chi connectivity index (χ0) is 17.8. The average Bonchev–Trinajstić information content (AvgIpc) is 3.26. The maximum Gasteiger partial charge on any atom is 0.237 e. The molecule has 1 atom stereocenters. The first-order valence-corrected chi connectivity index (χ1v) is 8.77. The van der Waals surface area contributed by atoms with Crippen molar-refractivity contribution in [1.82, 2.24) is 14.9 Å². The third-order valence-electron chi connectivity index (χ3n) is 3.69. The van der Waals surface area contributed by atoms with Crippen LogP contribution in [0.25, 0.3) is 11.6 Å². The maximum atomic E-state index is 12.4. The lowest BCUT2D eigenvalue weighted by Gasteiger charge is -2.11. The molecule has 0 aliphatic heterocycles. The van der Waals surface area contributed by atoms with Gasteiger partial charge in [-0.05, 0) is 43.2 Å². The Morgan fingerprint density at radius 2 is 2.08 bits per heavy atom. The minimum Gasteiger partial charge on any atom is -0.461 e. The molecule has 3 N–H and O–H groups in total. The van der Waals surface area contributed by atoms with E-state index in [-0.39, 0.29) is 11.2 Å². The molecule has 130 valence electrons. The number of anilines is 1. The van der Waals surface area contributed by atoms with Crippen LogP contribution in [0.4, 0.5) is 5.69 Å². The summed E-state index contributed by atoms with van der Waals surface area (Å²) in [4.78, 5) is 12.4. The summed E-state index contributed by atoms with van der Waals surface area (Å²) in [7, 11) is 0. The number of furan rings is 1. The summed E-state index contributed by atoms with van der Waals surface area (Å²) in [5, 5.41) is 11.0. The lowest BCUT2D eigenvalue weighted by Crippen LogP contribution is -2.23. The van der Waals surface area contributed by atoms with Gasteiger partial charge in [0.1, 0.15) is 0 Å². The molecule has 0 aliphatic carbocycles. The molecule has 0 fully saturated rings. The van der Waals surface area contributed by atoms with Crippen LogP contribution in [0.3, 0.4) is 0 Å². The minimum atomic E-state index is -0.387. The van der Waals surface area contributed by atoms with E-state index < -0.39 is 0 Å². The van der Waals surface area contributed by atoms with Gasteiger partial charge in [-0.2, -0.15) is 0 Å². The van der Waals surface area contributed by atoms with Crippen molar-refractivity contribution in [3.63, 3.8) is 0 Å². The number of benzene rings is 1. The van der Waals surface area contributed by atoms with Gasteiger partial charge in [0, 0.05) is 5.69 Å². The third-order valence-corrected chi connectivity index (χ3v) is 4.74. The summed E-state index contributed by atoms with van der Waals surface area (Å²) < 4.78 is 6.59. The molecule has 2 heterocycles. The molecule has 1 aromatic carbocycles. The zero-order valence-electron chi connectivity index (χ0n) is 14.0. The molecule has 25 heavy (non-hydrogen) atoms. The van der Waals surface area contributed by atoms with E-state index in [1.807, 2.05) is 24.3 Å². The summed E-state index contributed by atoms with van der Waals surface area (Å²) in [6.07, 6.45) is 2.50. The Labute approximate surface area is 149 Å². The molecule has 7 nitrogen and oxygen atoms in total. The monoisotopic (exact) mass is 357 g/mol. The van der Waals surface area contributed by atoms with Gasteiger partial charge < -0.3 is 15.6 Å². The van der Waals surface area contributed by atoms with Crippen molar-refractivity contribution in [3.05, 3.63) is 48.2 Å². The Morgan fingerprint density at radius 3 is 2.72 bits per heavy atom. The highest BCUT2D eigenvalue weighted by atomic mass is 32.2. The summed E-state index contributed by atoms with van der Waals surface area (Å²) in [6, 6.07) is 11.3. The summed E-state index contributed by atoms with van der Waals surface area (Å²) in [5.41, 5.74) is 1.99. The third kappa shape index (κ3) is 3.85. The number of carbonyl (C=O) groups is 1. The number of rotatable bonds is 6. The number of hydrogen-bond acceptors (Lipinski definition) is 6. The summed E-state index contributed by atoms with van der Waals surface area (Å²) in [5.74, 6) is 6.81. The van der Waals surface area contributed by atoms with E-state index >= 15 is 0 Å². The number of carbonyl (C=O) groups excluding carboxylic acids is 1. The Hall–Kier alpha value is -2.74. The molecule has 0 saturated heterocycles. The second-order valence-electron chi connectivity index (χ2n) is 5.45. The highest BCUT2D eigenvalue weighted by Crippen LogP contribution is 2.25. The van der Waals surface area contributed by atoms with Crippen LogP contribution in [0.5, 0.6) is 0 Å². The summed E-state index contributed by atoms with van der Waals surface area (Å²) in [6.45, 7) is 3.88. The van der Waals surface area contributed by atoms with Crippen molar-refractivity contribution in [1.29, 1.82) is 0 Å². The first-order chi connectivity index (χ1) is 12.1. The number of nitrogens with two attached hydrogens (primary N) is 1. The number of nitrogens with zero attached hydrogens (tertiary/aromatic N) is 3. The molecule has 0 spiro atoms. The number of nitrogen functional groups attached to an aromatic ring is 1. The van der Waals surface area contributed by atoms with Crippen molar-refractivity contribution in [2.24, 2.45) is 0 Å². The molecule has 8 heteroatoms. The molecular weight excluding hydrogens is 338 g/mol. The van der Waals surface area contributed by atoms with E-state index in [0.29, 0.717) is 16.7 Å².